The number of piperidine rings is 1. The molecular weight excluding hydrogens is 254 g/mol. The van der Waals surface area contributed by atoms with Gasteiger partial charge in [0, 0.05) is 24.0 Å². The SMILES string of the molecule is CN(Cc1nc(-c2ccncc2)no1)C1CCNCC1. The van der Waals surface area contributed by atoms with Crippen molar-refractivity contribution in [2.24, 2.45) is 0 Å². The van der Waals surface area contributed by atoms with Gasteiger partial charge in [-0.15, -0.1) is 0 Å². The van der Waals surface area contributed by atoms with Gasteiger partial charge in [0.2, 0.25) is 11.7 Å². The number of nitrogens with zero attached hydrogens (tertiary/aromatic N) is 4. The van der Waals surface area contributed by atoms with Crippen LogP contribution in [0.4, 0.5) is 0 Å². The van der Waals surface area contributed by atoms with E-state index in [0.29, 0.717) is 24.3 Å². The molecule has 106 valence electrons. The van der Waals surface area contributed by atoms with Crippen molar-refractivity contribution in [2.45, 2.75) is 25.4 Å². The van der Waals surface area contributed by atoms with Crippen molar-refractivity contribution in [3.05, 3.63) is 30.4 Å². The van der Waals surface area contributed by atoms with Gasteiger partial charge >= 0.3 is 0 Å². The van der Waals surface area contributed by atoms with Gasteiger partial charge in [0.05, 0.1) is 6.54 Å². The Morgan fingerprint density at radius 3 is 2.80 bits per heavy atom. The van der Waals surface area contributed by atoms with Gasteiger partial charge in [-0.1, -0.05) is 5.16 Å². The summed E-state index contributed by atoms with van der Waals surface area (Å²) in [7, 11) is 2.12. The maximum atomic E-state index is 5.34. The summed E-state index contributed by atoms with van der Waals surface area (Å²) in [5.41, 5.74) is 0.930. The van der Waals surface area contributed by atoms with E-state index < -0.39 is 0 Å². The number of pyridine rings is 1. The third kappa shape index (κ3) is 3.02. The molecule has 6 nitrogen and oxygen atoms in total. The van der Waals surface area contributed by atoms with E-state index in [4.69, 9.17) is 4.52 Å². The molecule has 0 radical (unpaired) electrons. The van der Waals surface area contributed by atoms with Crippen LogP contribution in [0.2, 0.25) is 0 Å². The molecule has 0 atom stereocenters. The number of aromatic nitrogens is 3. The second kappa shape index (κ2) is 6.11. The second-order valence-corrected chi connectivity index (χ2v) is 5.14. The van der Waals surface area contributed by atoms with E-state index in [1.54, 1.807) is 12.4 Å². The lowest BCUT2D eigenvalue weighted by molar-refractivity contribution is 0.171. The van der Waals surface area contributed by atoms with E-state index in [1.165, 1.54) is 12.8 Å². The fourth-order valence-electron chi connectivity index (χ4n) is 2.53. The summed E-state index contributed by atoms with van der Waals surface area (Å²) in [6.07, 6.45) is 5.79. The number of hydrogen-bond acceptors (Lipinski definition) is 6. The molecule has 3 heterocycles. The molecule has 1 saturated heterocycles. The highest BCUT2D eigenvalue weighted by Gasteiger charge is 2.20. The molecule has 6 heteroatoms. The topological polar surface area (TPSA) is 67.1 Å². The van der Waals surface area contributed by atoms with Crippen molar-refractivity contribution in [3.63, 3.8) is 0 Å². The van der Waals surface area contributed by atoms with Crippen LogP contribution in [0.1, 0.15) is 18.7 Å². The van der Waals surface area contributed by atoms with Gasteiger partial charge < -0.3 is 9.84 Å². The first kappa shape index (κ1) is 13.2. The quantitative estimate of drug-likeness (QED) is 0.906. The molecular formula is C14H19N5O. The van der Waals surface area contributed by atoms with Crippen LogP contribution in [0.3, 0.4) is 0 Å². The van der Waals surface area contributed by atoms with Crippen molar-refractivity contribution in [1.29, 1.82) is 0 Å². The summed E-state index contributed by atoms with van der Waals surface area (Å²) in [5.74, 6) is 1.29. The summed E-state index contributed by atoms with van der Waals surface area (Å²) < 4.78 is 5.34. The predicted molar refractivity (Wildman–Crippen MR) is 74.9 cm³/mol. The Morgan fingerprint density at radius 1 is 1.30 bits per heavy atom. The first-order valence-corrected chi connectivity index (χ1v) is 6.97. The lowest BCUT2D eigenvalue weighted by Crippen LogP contribution is -2.40. The largest absolute Gasteiger partial charge is 0.338 e. The number of nitrogens with one attached hydrogen (secondary N) is 1. The summed E-state index contributed by atoms with van der Waals surface area (Å²) in [6, 6.07) is 4.35. The highest BCUT2D eigenvalue weighted by molar-refractivity contribution is 5.52. The Bertz CT molecular complexity index is 536. The molecule has 3 rings (SSSR count). The van der Waals surface area contributed by atoms with Crippen LogP contribution in [-0.4, -0.2) is 46.2 Å². The zero-order valence-electron chi connectivity index (χ0n) is 11.6. The maximum absolute atomic E-state index is 5.34. The first-order chi connectivity index (χ1) is 9.83. The van der Waals surface area contributed by atoms with Gasteiger partial charge in [0.1, 0.15) is 0 Å². The average Bonchev–Trinajstić information content (AvgIpc) is 2.97. The summed E-state index contributed by atoms with van der Waals surface area (Å²) in [5, 5.41) is 7.41. The number of rotatable bonds is 4. The summed E-state index contributed by atoms with van der Waals surface area (Å²) >= 11 is 0. The van der Waals surface area contributed by atoms with Crippen molar-refractivity contribution in [2.75, 3.05) is 20.1 Å². The normalized spacial score (nSPS) is 16.7. The van der Waals surface area contributed by atoms with Crippen molar-refractivity contribution < 1.29 is 4.52 Å². The van der Waals surface area contributed by atoms with Crippen LogP contribution in [0.25, 0.3) is 11.4 Å². The maximum Gasteiger partial charge on any atom is 0.241 e. The van der Waals surface area contributed by atoms with Crippen LogP contribution >= 0.6 is 0 Å². The van der Waals surface area contributed by atoms with Gasteiger partial charge in [-0.25, -0.2) is 0 Å². The van der Waals surface area contributed by atoms with Crippen LogP contribution in [0, 0.1) is 0 Å². The molecule has 1 aliphatic heterocycles. The zero-order valence-corrected chi connectivity index (χ0v) is 11.6. The highest BCUT2D eigenvalue weighted by Crippen LogP contribution is 2.16. The van der Waals surface area contributed by atoms with Crippen molar-refractivity contribution in [3.8, 4) is 11.4 Å². The van der Waals surface area contributed by atoms with Gasteiger partial charge in [-0.05, 0) is 45.1 Å². The van der Waals surface area contributed by atoms with E-state index in [2.05, 4.69) is 32.4 Å². The van der Waals surface area contributed by atoms with E-state index in [9.17, 15) is 0 Å². The molecule has 1 aliphatic rings. The Hall–Kier alpha value is -1.79. The van der Waals surface area contributed by atoms with Crippen LogP contribution in [0.5, 0.6) is 0 Å². The van der Waals surface area contributed by atoms with Gasteiger partial charge in [-0.3, -0.25) is 9.88 Å². The van der Waals surface area contributed by atoms with Crippen LogP contribution in [-0.2, 0) is 6.54 Å². The molecule has 0 unspecified atom stereocenters. The van der Waals surface area contributed by atoms with Gasteiger partial charge in [0.15, 0.2) is 0 Å². The van der Waals surface area contributed by atoms with Crippen molar-refractivity contribution in [1.82, 2.24) is 25.3 Å². The molecule has 0 aliphatic carbocycles. The van der Waals surface area contributed by atoms with E-state index >= 15 is 0 Å². The lowest BCUT2D eigenvalue weighted by atomic mass is 10.1. The molecule has 0 aromatic carbocycles. The molecule has 1 fully saturated rings. The van der Waals surface area contributed by atoms with Gasteiger partial charge in [0.25, 0.3) is 0 Å². The molecule has 2 aromatic rings. The molecule has 0 saturated carbocycles. The molecule has 0 amide bonds. The van der Waals surface area contributed by atoms with Gasteiger partial charge in [-0.2, -0.15) is 4.98 Å². The average molecular weight is 273 g/mol. The Kier molecular flexibility index (Phi) is 4.03. The minimum atomic E-state index is 0.590. The summed E-state index contributed by atoms with van der Waals surface area (Å²) in [4.78, 5) is 10.7. The predicted octanol–water partition coefficient (Wildman–Crippen LogP) is 1.32. The van der Waals surface area contributed by atoms with E-state index in [-0.39, 0.29) is 0 Å². The number of hydrogen-bond donors (Lipinski definition) is 1. The molecule has 1 N–H and O–H groups in total. The summed E-state index contributed by atoms with van der Waals surface area (Å²) in [6.45, 7) is 2.87. The monoisotopic (exact) mass is 273 g/mol. The van der Waals surface area contributed by atoms with Crippen LogP contribution in [0.15, 0.2) is 29.0 Å². The lowest BCUT2D eigenvalue weighted by Gasteiger charge is -2.30. The second-order valence-electron chi connectivity index (χ2n) is 5.14. The smallest absolute Gasteiger partial charge is 0.241 e. The third-order valence-electron chi connectivity index (χ3n) is 3.72. The Labute approximate surface area is 118 Å². The Balaban J connectivity index is 1.65. The van der Waals surface area contributed by atoms with E-state index in [0.717, 1.165) is 18.7 Å². The fraction of sp³-hybridized carbons (Fsp3) is 0.500. The first-order valence-electron chi connectivity index (χ1n) is 6.97. The highest BCUT2D eigenvalue weighted by atomic mass is 16.5. The third-order valence-corrected chi connectivity index (χ3v) is 3.72. The zero-order chi connectivity index (χ0) is 13.8. The molecule has 2 aromatic heterocycles. The van der Waals surface area contributed by atoms with Crippen LogP contribution < -0.4 is 5.32 Å². The minimum Gasteiger partial charge on any atom is -0.338 e. The standard InChI is InChI=1S/C14H19N5O/c1-19(12-4-8-16-9-5-12)10-13-17-14(18-20-13)11-2-6-15-7-3-11/h2-3,6-7,12,16H,4-5,8-10H2,1H3. The molecule has 0 spiro atoms. The molecule has 0 bridgehead atoms. The van der Waals surface area contributed by atoms with Crippen molar-refractivity contribution >= 4 is 0 Å². The minimum absolute atomic E-state index is 0.590. The van der Waals surface area contributed by atoms with E-state index in [1.807, 2.05) is 12.1 Å². The fourth-order valence-corrected chi connectivity index (χ4v) is 2.53. The Morgan fingerprint density at radius 2 is 2.05 bits per heavy atom. The molecule has 20 heavy (non-hydrogen) atoms.